The van der Waals surface area contributed by atoms with E-state index in [4.69, 9.17) is 10.2 Å². The van der Waals surface area contributed by atoms with E-state index in [2.05, 4.69) is 10.3 Å². The van der Waals surface area contributed by atoms with E-state index < -0.39 is 0 Å². The highest BCUT2D eigenvalue weighted by atomic mass is 16.4. The van der Waals surface area contributed by atoms with Gasteiger partial charge in [-0.2, -0.15) is 4.98 Å². The average Bonchev–Trinajstić information content (AvgIpc) is 2.67. The van der Waals surface area contributed by atoms with Crippen molar-refractivity contribution in [1.82, 2.24) is 9.88 Å². The normalized spacial score (nSPS) is 10.5. The number of carbonyl (C=O) groups is 1. The Morgan fingerprint density at radius 1 is 1.53 bits per heavy atom. The molecule has 1 aromatic carbocycles. The van der Waals surface area contributed by atoms with Crippen LogP contribution in [0.3, 0.4) is 0 Å². The summed E-state index contributed by atoms with van der Waals surface area (Å²) < 4.78 is 5.41. The molecule has 0 fully saturated rings. The molecule has 17 heavy (non-hydrogen) atoms. The zero-order valence-electron chi connectivity index (χ0n) is 9.73. The van der Waals surface area contributed by atoms with Crippen molar-refractivity contribution >= 4 is 28.7 Å². The zero-order chi connectivity index (χ0) is 12.4. The predicted molar refractivity (Wildman–Crippen MR) is 65.6 cm³/mol. The predicted octanol–water partition coefficient (Wildman–Crippen LogP) is 0.910. The first kappa shape index (κ1) is 11.3. The molecule has 2 rings (SSSR count). The van der Waals surface area contributed by atoms with Crippen molar-refractivity contribution in [2.45, 2.75) is 0 Å². The summed E-state index contributed by atoms with van der Waals surface area (Å²) in [5, 5.41) is 2.82. The number of hydrogen-bond acceptors (Lipinski definition) is 5. The minimum absolute atomic E-state index is 0.0493. The molecule has 0 bridgehead atoms. The topological polar surface area (TPSA) is 84.4 Å². The van der Waals surface area contributed by atoms with Gasteiger partial charge < -0.3 is 20.4 Å². The molecule has 0 saturated carbocycles. The van der Waals surface area contributed by atoms with Crippen molar-refractivity contribution in [1.29, 1.82) is 0 Å². The Kier molecular flexibility index (Phi) is 2.86. The van der Waals surface area contributed by atoms with Gasteiger partial charge in [0.05, 0.1) is 6.54 Å². The summed E-state index contributed by atoms with van der Waals surface area (Å²) in [6.07, 6.45) is 0. The first-order valence-corrected chi connectivity index (χ1v) is 5.16. The van der Waals surface area contributed by atoms with Crippen molar-refractivity contribution < 1.29 is 9.21 Å². The Morgan fingerprint density at radius 2 is 2.29 bits per heavy atom. The van der Waals surface area contributed by atoms with Gasteiger partial charge in [-0.15, -0.1) is 0 Å². The second kappa shape index (κ2) is 4.32. The second-order valence-corrected chi connectivity index (χ2v) is 3.89. The lowest BCUT2D eigenvalue weighted by atomic mass is 10.3. The van der Waals surface area contributed by atoms with Crippen LogP contribution in [0.5, 0.6) is 0 Å². The van der Waals surface area contributed by atoms with E-state index >= 15 is 0 Å². The Labute approximate surface area is 98.4 Å². The number of likely N-dealkylation sites (N-methyl/N-ethyl adjacent to an activating group) is 1. The third kappa shape index (κ3) is 2.47. The van der Waals surface area contributed by atoms with Gasteiger partial charge in [0.2, 0.25) is 5.91 Å². The second-order valence-electron chi connectivity index (χ2n) is 3.89. The highest BCUT2D eigenvalue weighted by Gasteiger charge is 2.08. The fourth-order valence-corrected chi connectivity index (χ4v) is 1.33. The van der Waals surface area contributed by atoms with Gasteiger partial charge in [-0.1, -0.05) is 0 Å². The highest BCUT2D eigenvalue weighted by Crippen LogP contribution is 2.20. The van der Waals surface area contributed by atoms with Gasteiger partial charge in [0.1, 0.15) is 5.52 Å². The molecular weight excluding hydrogens is 220 g/mol. The molecule has 90 valence electrons. The molecule has 0 aliphatic heterocycles. The number of benzene rings is 1. The molecule has 0 atom stereocenters. The fraction of sp³-hybridized carbons (Fsp3) is 0.273. The molecule has 1 heterocycles. The minimum Gasteiger partial charge on any atom is -0.423 e. The number of rotatable bonds is 3. The summed E-state index contributed by atoms with van der Waals surface area (Å²) in [4.78, 5) is 17.0. The van der Waals surface area contributed by atoms with Crippen LogP contribution in [-0.2, 0) is 4.79 Å². The summed E-state index contributed by atoms with van der Waals surface area (Å²) in [7, 11) is 3.38. The highest BCUT2D eigenvalue weighted by molar-refractivity contribution is 5.81. The van der Waals surface area contributed by atoms with Crippen LogP contribution in [0.25, 0.3) is 11.1 Å². The van der Waals surface area contributed by atoms with Crippen LogP contribution in [0, 0.1) is 0 Å². The Morgan fingerprint density at radius 3 is 3.00 bits per heavy atom. The maximum atomic E-state index is 11.4. The molecule has 6 heteroatoms. The van der Waals surface area contributed by atoms with Crippen LogP contribution in [0.4, 0.5) is 11.7 Å². The molecule has 0 spiro atoms. The molecule has 0 saturated heterocycles. The molecule has 2 aromatic rings. The van der Waals surface area contributed by atoms with Gasteiger partial charge in [-0.3, -0.25) is 4.79 Å². The third-order valence-corrected chi connectivity index (χ3v) is 2.30. The Balaban J connectivity index is 2.12. The van der Waals surface area contributed by atoms with Gasteiger partial charge in [0.15, 0.2) is 5.58 Å². The lowest BCUT2D eigenvalue weighted by molar-refractivity contribution is -0.126. The van der Waals surface area contributed by atoms with Crippen molar-refractivity contribution in [2.75, 3.05) is 31.7 Å². The van der Waals surface area contributed by atoms with Gasteiger partial charge in [-0.25, -0.2) is 0 Å². The van der Waals surface area contributed by atoms with Crippen LogP contribution < -0.4 is 11.1 Å². The Bertz CT molecular complexity index is 547. The summed E-state index contributed by atoms with van der Waals surface area (Å²) in [6.45, 7) is 0.148. The first-order valence-electron chi connectivity index (χ1n) is 5.16. The Hall–Kier alpha value is -2.24. The molecule has 0 unspecified atom stereocenters. The van der Waals surface area contributed by atoms with E-state index in [9.17, 15) is 4.79 Å². The number of fused-ring (bicyclic) bond motifs is 1. The smallest absolute Gasteiger partial charge is 0.296 e. The number of hydrogen-bond donors (Lipinski definition) is 2. The van der Waals surface area contributed by atoms with Gasteiger partial charge in [-0.05, 0) is 12.1 Å². The number of nitrogens with two attached hydrogens (primary N) is 1. The number of amides is 1. The molecule has 0 aliphatic carbocycles. The molecule has 1 aromatic heterocycles. The number of nitrogens with one attached hydrogen (secondary N) is 1. The maximum absolute atomic E-state index is 11.4. The van der Waals surface area contributed by atoms with Gasteiger partial charge in [0, 0.05) is 25.8 Å². The van der Waals surface area contributed by atoms with Crippen LogP contribution in [0.2, 0.25) is 0 Å². The van der Waals surface area contributed by atoms with Crippen LogP contribution >= 0.6 is 0 Å². The zero-order valence-corrected chi connectivity index (χ0v) is 9.73. The average molecular weight is 234 g/mol. The van der Waals surface area contributed by atoms with Crippen molar-refractivity contribution in [2.24, 2.45) is 0 Å². The molecule has 0 aliphatic rings. The molecule has 6 nitrogen and oxygen atoms in total. The number of nitrogens with zero attached hydrogens (tertiary/aromatic N) is 2. The lowest BCUT2D eigenvalue weighted by Crippen LogP contribution is -2.28. The standard InChI is InChI=1S/C11H14N4O2/c1-15(2)10(16)6-13-11-14-8-4-3-7(12)5-9(8)17-11/h3-5H,6,12H2,1-2H3,(H,13,14). The van der Waals surface area contributed by atoms with Gasteiger partial charge in [0.25, 0.3) is 6.01 Å². The minimum atomic E-state index is -0.0493. The van der Waals surface area contributed by atoms with Crippen LogP contribution in [0.15, 0.2) is 22.6 Å². The maximum Gasteiger partial charge on any atom is 0.296 e. The van der Waals surface area contributed by atoms with Gasteiger partial charge >= 0.3 is 0 Å². The van der Waals surface area contributed by atoms with E-state index in [0.29, 0.717) is 22.8 Å². The quantitative estimate of drug-likeness (QED) is 0.771. The van der Waals surface area contributed by atoms with Crippen molar-refractivity contribution in [3.63, 3.8) is 0 Å². The number of nitrogen functional groups attached to an aromatic ring is 1. The molecule has 0 radical (unpaired) electrons. The summed E-state index contributed by atoms with van der Waals surface area (Å²) in [5.41, 5.74) is 7.55. The lowest BCUT2D eigenvalue weighted by Gasteiger charge is -2.09. The van der Waals surface area contributed by atoms with Crippen LogP contribution in [0.1, 0.15) is 0 Å². The SMILES string of the molecule is CN(C)C(=O)CNc1nc2ccc(N)cc2o1. The number of oxazole rings is 1. The van der Waals surface area contributed by atoms with E-state index in [-0.39, 0.29) is 12.5 Å². The summed E-state index contributed by atoms with van der Waals surface area (Å²) >= 11 is 0. The van der Waals surface area contributed by atoms with E-state index in [0.717, 1.165) is 0 Å². The largest absolute Gasteiger partial charge is 0.423 e. The molecule has 1 amide bonds. The summed E-state index contributed by atoms with van der Waals surface area (Å²) in [5.74, 6) is -0.0493. The summed E-state index contributed by atoms with van der Waals surface area (Å²) in [6, 6.07) is 5.54. The van der Waals surface area contributed by atoms with E-state index in [1.165, 1.54) is 4.90 Å². The number of carbonyl (C=O) groups excluding carboxylic acids is 1. The molecular formula is C11H14N4O2. The van der Waals surface area contributed by atoms with Crippen LogP contribution in [-0.4, -0.2) is 36.4 Å². The van der Waals surface area contributed by atoms with E-state index in [1.54, 1.807) is 32.3 Å². The van der Waals surface area contributed by atoms with Crippen molar-refractivity contribution in [3.05, 3.63) is 18.2 Å². The number of anilines is 2. The number of aromatic nitrogens is 1. The first-order chi connectivity index (χ1) is 8.06. The van der Waals surface area contributed by atoms with E-state index in [1.807, 2.05) is 0 Å². The van der Waals surface area contributed by atoms with Crippen molar-refractivity contribution in [3.8, 4) is 0 Å². The molecule has 3 N–H and O–H groups in total. The monoisotopic (exact) mass is 234 g/mol. The fourth-order valence-electron chi connectivity index (χ4n) is 1.33. The third-order valence-electron chi connectivity index (χ3n) is 2.30.